The summed E-state index contributed by atoms with van der Waals surface area (Å²) in [5.41, 5.74) is 0.501. The molecular weight excluding hydrogens is 257 g/mol. The average Bonchev–Trinajstić information content (AvgIpc) is 2.96. The van der Waals surface area contributed by atoms with Crippen molar-refractivity contribution in [3.63, 3.8) is 0 Å². The molecule has 2 fully saturated rings. The highest BCUT2D eigenvalue weighted by molar-refractivity contribution is 5.76. The van der Waals surface area contributed by atoms with E-state index >= 15 is 0 Å². The van der Waals surface area contributed by atoms with Crippen molar-refractivity contribution in [2.45, 2.75) is 32.2 Å². The van der Waals surface area contributed by atoms with Crippen LogP contribution in [0.4, 0.5) is 4.39 Å². The second kappa shape index (κ2) is 4.85. The van der Waals surface area contributed by atoms with Gasteiger partial charge in [-0.15, -0.1) is 0 Å². The van der Waals surface area contributed by atoms with Gasteiger partial charge in [0.25, 0.3) is 0 Å². The van der Waals surface area contributed by atoms with Crippen molar-refractivity contribution in [1.29, 1.82) is 0 Å². The van der Waals surface area contributed by atoms with Gasteiger partial charge in [-0.1, -0.05) is 18.6 Å². The zero-order valence-electron chi connectivity index (χ0n) is 11.7. The first-order valence-corrected chi connectivity index (χ1v) is 7.26. The summed E-state index contributed by atoms with van der Waals surface area (Å²) < 4.78 is 13.0. The van der Waals surface area contributed by atoms with Crippen molar-refractivity contribution in [3.05, 3.63) is 35.6 Å². The van der Waals surface area contributed by atoms with Crippen LogP contribution in [0, 0.1) is 17.2 Å². The van der Waals surface area contributed by atoms with Crippen LogP contribution in [0.25, 0.3) is 0 Å². The average molecular weight is 277 g/mol. The molecule has 3 rings (SSSR count). The fraction of sp³-hybridized carbons (Fsp3) is 0.562. The Morgan fingerprint density at radius 3 is 2.75 bits per heavy atom. The normalized spacial score (nSPS) is 31.2. The van der Waals surface area contributed by atoms with E-state index in [0.29, 0.717) is 6.54 Å². The van der Waals surface area contributed by atoms with Crippen LogP contribution in [-0.4, -0.2) is 29.1 Å². The Bertz CT molecular complexity index is 516. The minimum Gasteiger partial charge on any atom is -0.481 e. The van der Waals surface area contributed by atoms with Gasteiger partial charge in [0.15, 0.2) is 0 Å². The van der Waals surface area contributed by atoms with E-state index in [1.807, 2.05) is 0 Å². The molecule has 1 unspecified atom stereocenters. The van der Waals surface area contributed by atoms with Gasteiger partial charge in [0, 0.05) is 19.1 Å². The molecule has 3 nitrogen and oxygen atoms in total. The summed E-state index contributed by atoms with van der Waals surface area (Å²) in [5, 5.41) is 9.60. The molecule has 4 heteroatoms. The number of benzene rings is 1. The van der Waals surface area contributed by atoms with Crippen molar-refractivity contribution >= 4 is 5.97 Å². The van der Waals surface area contributed by atoms with Gasteiger partial charge in [-0.25, -0.2) is 4.39 Å². The Morgan fingerprint density at radius 1 is 1.45 bits per heavy atom. The number of aliphatic carboxylic acids is 1. The quantitative estimate of drug-likeness (QED) is 0.923. The second-order valence-corrected chi connectivity index (χ2v) is 6.21. The maximum atomic E-state index is 13.0. The van der Waals surface area contributed by atoms with Crippen LogP contribution in [0.5, 0.6) is 0 Å². The number of fused-ring (bicyclic) bond motifs is 1. The minimum atomic E-state index is -0.645. The number of carbonyl (C=O) groups is 1. The second-order valence-electron chi connectivity index (χ2n) is 6.21. The van der Waals surface area contributed by atoms with E-state index in [1.165, 1.54) is 12.1 Å². The molecular formula is C16H20FNO2. The molecule has 1 aliphatic heterocycles. The molecule has 1 aliphatic carbocycles. The van der Waals surface area contributed by atoms with Gasteiger partial charge in [-0.2, -0.15) is 0 Å². The van der Waals surface area contributed by atoms with Gasteiger partial charge in [0.05, 0.1) is 5.41 Å². The van der Waals surface area contributed by atoms with Gasteiger partial charge in [-0.05, 0) is 43.4 Å². The number of rotatable bonds is 3. The van der Waals surface area contributed by atoms with Crippen LogP contribution in [0.1, 0.15) is 37.8 Å². The predicted octanol–water partition coefficient (Wildman–Crippen LogP) is 3.07. The highest BCUT2D eigenvalue weighted by Crippen LogP contribution is 2.50. The minimum absolute atomic E-state index is 0.137. The van der Waals surface area contributed by atoms with Crippen molar-refractivity contribution in [1.82, 2.24) is 4.90 Å². The van der Waals surface area contributed by atoms with E-state index in [2.05, 4.69) is 11.8 Å². The summed E-state index contributed by atoms with van der Waals surface area (Å²) in [6.45, 7) is 3.53. The van der Waals surface area contributed by atoms with Crippen LogP contribution in [-0.2, 0) is 4.79 Å². The summed E-state index contributed by atoms with van der Waals surface area (Å²) in [4.78, 5) is 13.9. The van der Waals surface area contributed by atoms with Gasteiger partial charge in [0.2, 0.25) is 0 Å². The van der Waals surface area contributed by atoms with Gasteiger partial charge < -0.3 is 5.11 Å². The molecule has 1 aromatic rings. The van der Waals surface area contributed by atoms with E-state index in [0.717, 1.165) is 31.4 Å². The molecule has 3 atom stereocenters. The number of nitrogens with zero attached hydrogens (tertiary/aromatic N) is 1. The lowest BCUT2D eigenvalue weighted by molar-refractivity contribution is -0.149. The largest absolute Gasteiger partial charge is 0.481 e. The zero-order valence-corrected chi connectivity index (χ0v) is 11.7. The predicted molar refractivity (Wildman–Crippen MR) is 73.8 cm³/mol. The molecule has 108 valence electrons. The number of hydrogen-bond acceptors (Lipinski definition) is 2. The van der Waals surface area contributed by atoms with E-state index in [1.54, 1.807) is 12.1 Å². The van der Waals surface area contributed by atoms with E-state index in [-0.39, 0.29) is 17.8 Å². The zero-order chi connectivity index (χ0) is 14.3. The van der Waals surface area contributed by atoms with Crippen molar-refractivity contribution in [2.24, 2.45) is 11.3 Å². The maximum absolute atomic E-state index is 13.0. The highest BCUT2D eigenvalue weighted by atomic mass is 19.1. The molecule has 1 aromatic carbocycles. The number of carboxylic acids is 1. The molecule has 0 aromatic heterocycles. The first-order valence-electron chi connectivity index (χ1n) is 7.26. The monoisotopic (exact) mass is 277 g/mol. The fourth-order valence-electron chi connectivity index (χ4n) is 3.92. The third kappa shape index (κ3) is 2.03. The topological polar surface area (TPSA) is 40.5 Å². The van der Waals surface area contributed by atoms with Crippen molar-refractivity contribution < 1.29 is 14.3 Å². The molecule has 0 radical (unpaired) electrons. The molecule has 1 N–H and O–H groups in total. The summed E-state index contributed by atoms with van der Waals surface area (Å²) in [7, 11) is 0. The van der Waals surface area contributed by atoms with Crippen LogP contribution in [0.2, 0.25) is 0 Å². The Morgan fingerprint density at radius 2 is 2.15 bits per heavy atom. The van der Waals surface area contributed by atoms with Crippen LogP contribution in [0.15, 0.2) is 24.3 Å². The van der Waals surface area contributed by atoms with Crippen molar-refractivity contribution in [3.8, 4) is 0 Å². The smallest absolute Gasteiger partial charge is 0.311 e. The van der Waals surface area contributed by atoms with E-state index < -0.39 is 11.4 Å². The van der Waals surface area contributed by atoms with E-state index in [9.17, 15) is 14.3 Å². The SMILES string of the molecule is CC(c1ccc(F)cc1)N1C[C@@H]2CCC[C@@]2(C(=O)O)C1. The lowest BCUT2D eigenvalue weighted by atomic mass is 9.81. The first-order chi connectivity index (χ1) is 9.53. The third-order valence-corrected chi connectivity index (χ3v) is 5.22. The standard InChI is InChI=1S/C16H20FNO2/c1-11(12-4-6-14(17)7-5-12)18-9-13-3-2-8-16(13,10-18)15(19)20/h4-7,11,13H,2-3,8-10H2,1H3,(H,19,20)/t11?,13-,16+/m0/s1. The summed E-state index contributed by atoms with van der Waals surface area (Å²) >= 11 is 0. The fourth-order valence-corrected chi connectivity index (χ4v) is 3.92. The Kier molecular flexibility index (Phi) is 3.28. The molecule has 0 spiro atoms. The number of halogens is 1. The Hall–Kier alpha value is -1.42. The lowest BCUT2D eigenvalue weighted by Crippen LogP contribution is -2.36. The van der Waals surface area contributed by atoms with Crippen LogP contribution >= 0.6 is 0 Å². The van der Waals surface area contributed by atoms with Crippen LogP contribution < -0.4 is 0 Å². The summed E-state index contributed by atoms with van der Waals surface area (Å²) in [5.74, 6) is -0.613. The number of likely N-dealkylation sites (tertiary alicyclic amines) is 1. The Balaban J connectivity index is 1.80. The number of carboxylic acid groups (broad SMARTS) is 1. The van der Waals surface area contributed by atoms with E-state index in [4.69, 9.17) is 0 Å². The lowest BCUT2D eigenvalue weighted by Gasteiger charge is -2.27. The molecule has 0 bridgehead atoms. The highest BCUT2D eigenvalue weighted by Gasteiger charge is 2.55. The molecule has 20 heavy (non-hydrogen) atoms. The van der Waals surface area contributed by atoms with Crippen LogP contribution in [0.3, 0.4) is 0 Å². The Labute approximate surface area is 118 Å². The van der Waals surface area contributed by atoms with Gasteiger partial charge in [-0.3, -0.25) is 9.69 Å². The molecule has 1 saturated heterocycles. The third-order valence-electron chi connectivity index (χ3n) is 5.22. The maximum Gasteiger partial charge on any atom is 0.311 e. The number of hydrogen-bond donors (Lipinski definition) is 1. The van der Waals surface area contributed by atoms with Crippen molar-refractivity contribution in [2.75, 3.05) is 13.1 Å². The first kappa shape index (κ1) is 13.6. The molecule has 2 aliphatic rings. The summed E-state index contributed by atoms with van der Waals surface area (Å²) in [6.07, 6.45) is 2.83. The molecule has 1 heterocycles. The van der Waals surface area contributed by atoms with Gasteiger partial charge >= 0.3 is 5.97 Å². The summed E-state index contributed by atoms with van der Waals surface area (Å²) in [6, 6.07) is 6.66. The molecule has 1 saturated carbocycles. The molecule has 0 amide bonds. The van der Waals surface area contributed by atoms with Gasteiger partial charge in [0.1, 0.15) is 5.82 Å².